The highest BCUT2D eigenvalue weighted by atomic mass is 19.1. The molecule has 112 valence electrons. The van der Waals surface area contributed by atoms with Crippen LogP contribution in [-0.4, -0.2) is 18.7 Å². The molecule has 2 rings (SSSR count). The standard InChI is InChI=1S/C17H26FNO/c1-4-9-19-16-8-5-12(2)10-17(16)20-14-7-6-13(3)15(18)11-14/h6-7,11-12,16-17,19H,4-5,8-10H2,1-3H3. The van der Waals surface area contributed by atoms with E-state index in [-0.39, 0.29) is 11.9 Å². The average molecular weight is 279 g/mol. The zero-order valence-electron chi connectivity index (χ0n) is 12.8. The van der Waals surface area contributed by atoms with Gasteiger partial charge in [0.15, 0.2) is 0 Å². The molecule has 2 nitrogen and oxygen atoms in total. The van der Waals surface area contributed by atoms with E-state index in [1.54, 1.807) is 13.0 Å². The minimum Gasteiger partial charge on any atom is -0.489 e. The summed E-state index contributed by atoms with van der Waals surface area (Å²) >= 11 is 0. The lowest BCUT2D eigenvalue weighted by Gasteiger charge is -2.35. The molecule has 3 unspecified atom stereocenters. The molecule has 1 aromatic rings. The first-order valence-corrected chi connectivity index (χ1v) is 7.76. The minimum atomic E-state index is -0.190. The summed E-state index contributed by atoms with van der Waals surface area (Å²) in [6, 6.07) is 5.54. The molecule has 0 radical (unpaired) electrons. The van der Waals surface area contributed by atoms with Gasteiger partial charge in [-0.2, -0.15) is 0 Å². The van der Waals surface area contributed by atoms with Crippen molar-refractivity contribution in [2.24, 2.45) is 5.92 Å². The fourth-order valence-corrected chi connectivity index (χ4v) is 2.84. The molecular weight excluding hydrogens is 253 g/mol. The summed E-state index contributed by atoms with van der Waals surface area (Å²) in [4.78, 5) is 0. The van der Waals surface area contributed by atoms with Crippen LogP contribution < -0.4 is 10.1 Å². The molecule has 20 heavy (non-hydrogen) atoms. The van der Waals surface area contributed by atoms with E-state index < -0.39 is 0 Å². The van der Waals surface area contributed by atoms with E-state index in [0.717, 1.165) is 25.8 Å². The second kappa shape index (κ2) is 7.07. The Labute approximate surface area is 121 Å². The number of rotatable bonds is 5. The number of nitrogens with one attached hydrogen (secondary N) is 1. The number of benzene rings is 1. The van der Waals surface area contributed by atoms with Gasteiger partial charge in [0, 0.05) is 12.1 Å². The summed E-state index contributed by atoms with van der Waals surface area (Å²) in [6.07, 6.45) is 4.69. The van der Waals surface area contributed by atoms with Crippen molar-refractivity contribution >= 4 is 0 Å². The van der Waals surface area contributed by atoms with Crippen LogP contribution >= 0.6 is 0 Å². The Balaban J connectivity index is 2.04. The number of hydrogen-bond acceptors (Lipinski definition) is 2. The van der Waals surface area contributed by atoms with Gasteiger partial charge in [0.05, 0.1) is 0 Å². The van der Waals surface area contributed by atoms with Crippen molar-refractivity contribution in [2.75, 3.05) is 6.54 Å². The second-order valence-corrected chi connectivity index (χ2v) is 6.05. The van der Waals surface area contributed by atoms with E-state index >= 15 is 0 Å². The van der Waals surface area contributed by atoms with Crippen LogP contribution in [0.1, 0.15) is 45.1 Å². The van der Waals surface area contributed by atoms with E-state index in [1.807, 2.05) is 6.07 Å². The largest absolute Gasteiger partial charge is 0.489 e. The molecule has 0 aliphatic heterocycles. The van der Waals surface area contributed by atoms with Crippen LogP contribution in [0, 0.1) is 18.7 Å². The molecule has 3 heteroatoms. The van der Waals surface area contributed by atoms with Gasteiger partial charge in [0.2, 0.25) is 0 Å². The van der Waals surface area contributed by atoms with E-state index in [1.165, 1.54) is 12.5 Å². The van der Waals surface area contributed by atoms with Crippen molar-refractivity contribution in [2.45, 2.75) is 58.6 Å². The predicted molar refractivity (Wildman–Crippen MR) is 80.6 cm³/mol. The van der Waals surface area contributed by atoms with E-state index in [0.29, 0.717) is 23.3 Å². The van der Waals surface area contributed by atoms with Crippen molar-refractivity contribution in [3.8, 4) is 5.75 Å². The van der Waals surface area contributed by atoms with Gasteiger partial charge in [-0.15, -0.1) is 0 Å². The molecule has 0 bridgehead atoms. The fraction of sp³-hybridized carbons (Fsp3) is 0.647. The quantitative estimate of drug-likeness (QED) is 0.877. The lowest BCUT2D eigenvalue weighted by molar-refractivity contribution is 0.0906. The summed E-state index contributed by atoms with van der Waals surface area (Å²) in [5.74, 6) is 1.13. The van der Waals surface area contributed by atoms with Crippen molar-refractivity contribution in [3.05, 3.63) is 29.6 Å². The highest BCUT2D eigenvalue weighted by Gasteiger charge is 2.29. The maximum absolute atomic E-state index is 13.6. The first kappa shape index (κ1) is 15.3. The molecule has 1 aromatic carbocycles. The van der Waals surface area contributed by atoms with Crippen molar-refractivity contribution in [3.63, 3.8) is 0 Å². The zero-order chi connectivity index (χ0) is 14.5. The fourth-order valence-electron chi connectivity index (χ4n) is 2.84. The van der Waals surface area contributed by atoms with Crippen LogP contribution in [0.5, 0.6) is 5.75 Å². The second-order valence-electron chi connectivity index (χ2n) is 6.05. The molecule has 1 N–H and O–H groups in total. The van der Waals surface area contributed by atoms with Crippen molar-refractivity contribution in [1.29, 1.82) is 0 Å². The Bertz CT molecular complexity index is 433. The van der Waals surface area contributed by atoms with Crippen molar-refractivity contribution in [1.82, 2.24) is 5.32 Å². The summed E-state index contributed by atoms with van der Waals surface area (Å²) in [5, 5.41) is 3.57. The number of aryl methyl sites for hydroxylation is 1. The Kier molecular flexibility index (Phi) is 5.41. The molecule has 1 aliphatic rings. The van der Waals surface area contributed by atoms with Gasteiger partial charge in [-0.3, -0.25) is 0 Å². The number of ether oxygens (including phenoxy) is 1. The monoisotopic (exact) mass is 279 g/mol. The third-order valence-electron chi connectivity index (χ3n) is 4.14. The van der Waals surface area contributed by atoms with Crippen LogP contribution in [0.2, 0.25) is 0 Å². The zero-order valence-corrected chi connectivity index (χ0v) is 12.8. The van der Waals surface area contributed by atoms with Crippen LogP contribution in [-0.2, 0) is 0 Å². The van der Waals surface area contributed by atoms with Crippen LogP contribution in [0.3, 0.4) is 0 Å². The lowest BCUT2D eigenvalue weighted by atomic mass is 9.85. The molecule has 0 aromatic heterocycles. The molecule has 1 aliphatic carbocycles. The van der Waals surface area contributed by atoms with Crippen LogP contribution in [0.25, 0.3) is 0 Å². The summed E-state index contributed by atoms with van der Waals surface area (Å²) in [5.41, 5.74) is 0.662. The normalized spacial score (nSPS) is 26.5. The Morgan fingerprint density at radius 1 is 1.35 bits per heavy atom. The van der Waals surface area contributed by atoms with Gasteiger partial charge in [-0.1, -0.05) is 19.9 Å². The molecule has 0 amide bonds. The third-order valence-corrected chi connectivity index (χ3v) is 4.14. The van der Waals surface area contributed by atoms with Gasteiger partial charge >= 0.3 is 0 Å². The smallest absolute Gasteiger partial charge is 0.129 e. The van der Waals surface area contributed by atoms with Crippen LogP contribution in [0.4, 0.5) is 4.39 Å². The first-order chi connectivity index (χ1) is 9.60. The van der Waals surface area contributed by atoms with Gasteiger partial charge in [0.25, 0.3) is 0 Å². The Morgan fingerprint density at radius 3 is 2.85 bits per heavy atom. The van der Waals surface area contributed by atoms with E-state index in [4.69, 9.17) is 4.74 Å². The summed E-state index contributed by atoms with van der Waals surface area (Å²) < 4.78 is 19.7. The average Bonchev–Trinajstić information content (AvgIpc) is 2.42. The van der Waals surface area contributed by atoms with Crippen molar-refractivity contribution < 1.29 is 9.13 Å². The van der Waals surface area contributed by atoms with Gasteiger partial charge in [-0.05, 0) is 56.7 Å². The molecule has 0 heterocycles. The lowest BCUT2D eigenvalue weighted by Crippen LogP contribution is -2.47. The maximum Gasteiger partial charge on any atom is 0.129 e. The van der Waals surface area contributed by atoms with E-state index in [9.17, 15) is 4.39 Å². The Hall–Kier alpha value is -1.09. The van der Waals surface area contributed by atoms with Crippen LogP contribution in [0.15, 0.2) is 18.2 Å². The molecule has 0 spiro atoms. The maximum atomic E-state index is 13.6. The highest BCUT2D eigenvalue weighted by Crippen LogP contribution is 2.28. The minimum absolute atomic E-state index is 0.146. The Morgan fingerprint density at radius 2 is 2.15 bits per heavy atom. The van der Waals surface area contributed by atoms with Gasteiger partial charge < -0.3 is 10.1 Å². The molecule has 1 fully saturated rings. The molecule has 3 atom stereocenters. The summed E-state index contributed by atoms with van der Waals surface area (Å²) in [6.45, 7) is 7.22. The molecular formula is C17H26FNO. The summed E-state index contributed by atoms with van der Waals surface area (Å²) in [7, 11) is 0. The topological polar surface area (TPSA) is 21.3 Å². The van der Waals surface area contributed by atoms with E-state index in [2.05, 4.69) is 19.2 Å². The highest BCUT2D eigenvalue weighted by molar-refractivity contribution is 5.28. The third kappa shape index (κ3) is 3.95. The number of hydrogen-bond donors (Lipinski definition) is 1. The molecule has 1 saturated carbocycles. The predicted octanol–water partition coefficient (Wildman–Crippen LogP) is 4.07. The first-order valence-electron chi connectivity index (χ1n) is 7.76. The van der Waals surface area contributed by atoms with Gasteiger partial charge in [-0.25, -0.2) is 4.39 Å². The number of halogens is 1. The van der Waals surface area contributed by atoms with Gasteiger partial charge in [0.1, 0.15) is 17.7 Å². The molecule has 0 saturated heterocycles. The SMILES string of the molecule is CCCNC1CCC(C)CC1Oc1ccc(C)c(F)c1.